The Kier molecular flexibility index (Phi) is 0.272. The van der Waals surface area contributed by atoms with E-state index in [0.717, 1.165) is 6.08 Å². The molecule has 0 aromatic heterocycles. The Balaban J connectivity index is 2.38. The van der Waals surface area contributed by atoms with Crippen molar-refractivity contribution in [1.29, 1.82) is 0 Å². The van der Waals surface area contributed by atoms with Gasteiger partial charge in [-0.2, -0.15) is 0 Å². The van der Waals surface area contributed by atoms with Crippen LogP contribution in [0.1, 0.15) is 0 Å². The van der Waals surface area contributed by atoms with E-state index in [4.69, 9.17) is 5.11 Å². The summed E-state index contributed by atoms with van der Waals surface area (Å²) < 4.78 is 11.2. The van der Waals surface area contributed by atoms with E-state index in [1.807, 2.05) is 0 Å². The van der Waals surface area contributed by atoms with Crippen LogP contribution in [-0.4, -0.2) is 11.3 Å². The number of allylic oxidation sites excluding steroid dienone is 2. The lowest BCUT2D eigenvalue weighted by Crippen LogP contribution is -1.68. The van der Waals surface area contributed by atoms with Crippen molar-refractivity contribution in [2.24, 2.45) is 0 Å². The fraction of sp³-hybridized carbons (Fsp3) is 0.333. The second-order valence-corrected chi connectivity index (χ2v) is 0.993. The molecule has 0 fully saturated rings. The zero-order valence-electron chi connectivity index (χ0n) is 2.48. The fourth-order valence-electron chi connectivity index (χ4n) is 0.102. The highest BCUT2D eigenvalue weighted by atomic mass is 19.1. The third kappa shape index (κ3) is 0.251. The molecule has 2 heteroatoms. The SMILES string of the molecule is OC1=CC1F. The van der Waals surface area contributed by atoms with E-state index in [1.165, 1.54) is 0 Å². The number of hydrogen-bond donors (Lipinski definition) is 1. The highest BCUT2D eigenvalue weighted by Crippen LogP contribution is 2.18. The summed E-state index contributed by atoms with van der Waals surface area (Å²) in [6, 6.07) is 0. The smallest absolute Gasteiger partial charge is 0.178 e. The van der Waals surface area contributed by atoms with Crippen molar-refractivity contribution in [3.8, 4) is 0 Å². The predicted octanol–water partition coefficient (Wildman–Crippen LogP) is 0.780. The van der Waals surface area contributed by atoms with Crippen LogP contribution in [0.2, 0.25) is 0 Å². The van der Waals surface area contributed by atoms with Crippen molar-refractivity contribution in [1.82, 2.24) is 0 Å². The highest BCUT2D eigenvalue weighted by molar-refractivity contribution is 5.23. The minimum absolute atomic E-state index is 0.120. The zero-order valence-corrected chi connectivity index (χ0v) is 2.48. The molecule has 0 amide bonds. The molecule has 1 rings (SSSR count). The maximum absolute atomic E-state index is 11.2. The monoisotopic (exact) mass is 74.0 g/mol. The Bertz CT molecular complexity index is 77.0. The second kappa shape index (κ2) is 0.506. The quantitative estimate of drug-likeness (QED) is 0.450. The lowest BCUT2D eigenvalue weighted by atomic mass is 10.8. The molecule has 28 valence electrons. The number of alkyl halides is 1. The Hall–Kier alpha value is -0.530. The maximum atomic E-state index is 11.2. The van der Waals surface area contributed by atoms with Gasteiger partial charge in [-0.25, -0.2) is 4.39 Å². The molecule has 0 saturated carbocycles. The average molecular weight is 74.1 g/mol. The molecule has 1 N–H and O–H groups in total. The summed E-state index contributed by atoms with van der Waals surface area (Å²) in [5, 5.41) is 7.92. The zero-order chi connectivity index (χ0) is 3.86. The van der Waals surface area contributed by atoms with Crippen LogP contribution in [0.25, 0.3) is 0 Å². The van der Waals surface area contributed by atoms with Gasteiger partial charge >= 0.3 is 0 Å². The molecule has 1 aliphatic carbocycles. The summed E-state index contributed by atoms with van der Waals surface area (Å²) in [4.78, 5) is 0. The van der Waals surface area contributed by atoms with Crippen LogP contribution < -0.4 is 0 Å². The van der Waals surface area contributed by atoms with E-state index < -0.39 is 6.17 Å². The van der Waals surface area contributed by atoms with E-state index in [1.54, 1.807) is 0 Å². The van der Waals surface area contributed by atoms with Gasteiger partial charge in [0.05, 0.1) is 0 Å². The number of aliphatic hydroxyl groups excluding tert-OH is 1. The topological polar surface area (TPSA) is 20.2 Å². The largest absolute Gasteiger partial charge is 0.509 e. The Labute approximate surface area is 28.7 Å². The number of rotatable bonds is 0. The summed E-state index contributed by atoms with van der Waals surface area (Å²) in [5.41, 5.74) is 0. The first kappa shape index (κ1) is 2.69. The molecule has 0 saturated heterocycles. The third-order valence-corrected chi connectivity index (χ3v) is 0.491. The van der Waals surface area contributed by atoms with Crippen molar-refractivity contribution in [3.05, 3.63) is 11.8 Å². The first-order chi connectivity index (χ1) is 2.30. The van der Waals surface area contributed by atoms with Gasteiger partial charge in [-0.3, -0.25) is 0 Å². The van der Waals surface area contributed by atoms with Crippen molar-refractivity contribution in [2.75, 3.05) is 0 Å². The molecule has 0 heterocycles. The van der Waals surface area contributed by atoms with Gasteiger partial charge in [0, 0.05) is 0 Å². The van der Waals surface area contributed by atoms with E-state index in [2.05, 4.69) is 0 Å². The first-order valence-electron chi connectivity index (χ1n) is 1.35. The minimum atomic E-state index is -1.10. The number of halogens is 1. The molecule has 1 atom stereocenters. The van der Waals surface area contributed by atoms with E-state index in [-0.39, 0.29) is 5.76 Å². The van der Waals surface area contributed by atoms with Gasteiger partial charge in [-0.1, -0.05) is 0 Å². The summed E-state index contributed by atoms with van der Waals surface area (Å²) in [6.07, 6.45) is 0.0370. The van der Waals surface area contributed by atoms with Gasteiger partial charge in [-0.05, 0) is 6.08 Å². The Morgan fingerprint density at radius 1 is 2.00 bits per heavy atom. The molecule has 0 bridgehead atoms. The molecule has 0 spiro atoms. The lowest BCUT2D eigenvalue weighted by Gasteiger charge is -1.66. The summed E-state index contributed by atoms with van der Waals surface area (Å²) in [7, 11) is 0. The molecule has 0 aromatic carbocycles. The van der Waals surface area contributed by atoms with E-state index >= 15 is 0 Å². The van der Waals surface area contributed by atoms with Crippen LogP contribution >= 0.6 is 0 Å². The highest BCUT2D eigenvalue weighted by Gasteiger charge is 2.21. The van der Waals surface area contributed by atoms with Gasteiger partial charge in [0.1, 0.15) is 5.76 Å². The molecule has 1 unspecified atom stereocenters. The fourth-order valence-corrected chi connectivity index (χ4v) is 0.102. The number of aliphatic hydroxyl groups is 1. The minimum Gasteiger partial charge on any atom is -0.509 e. The normalized spacial score (nSPS) is 33.0. The van der Waals surface area contributed by atoms with E-state index in [0.29, 0.717) is 0 Å². The molecule has 1 aliphatic rings. The predicted molar refractivity (Wildman–Crippen MR) is 15.6 cm³/mol. The summed E-state index contributed by atoms with van der Waals surface area (Å²) in [6.45, 7) is 0. The number of hydrogen-bond acceptors (Lipinski definition) is 1. The maximum Gasteiger partial charge on any atom is 0.178 e. The van der Waals surface area contributed by atoms with Crippen LogP contribution in [-0.2, 0) is 0 Å². The van der Waals surface area contributed by atoms with Crippen molar-refractivity contribution in [3.63, 3.8) is 0 Å². The van der Waals surface area contributed by atoms with Crippen LogP contribution in [0, 0.1) is 0 Å². The molecule has 0 aromatic rings. The molecule has 5 heavy (non-hydrogen) atoms. The van der Waals surface area contributed by atoms with Crippen molar-refractivity contribution >= 4 is 0 Å². The van der Waals surface area contributed by atoms with Crippen LogP contribution in [0.3, 0.4) is 0 Å². The van der Waals surface area contributed by atoms with Gasteiger partial charge in [-0.15, -0.1) is 0 Å². The second-order valence-electron chi connectivity index (χ2n) is 0.993. The molecule has 0 radical (unpaired) electrons. The third-order valence-electron chi connectivity index (χ3n) is 0.491. The van der Waals surface area contributed by atoms with Crippen LogP contribution in [0.15, 0.2) is 11.8 Å². The van der Waals surface area contributed by atoms with Crippen LogP contribution in [0.5, 0.6) is 0 Å². The standard InChI is InChI=1S/C3H3FO/c4-2-1-3(2)5/h1-2,5H. The van der Waals surface area contributed by atoms with E-state index in [9.17, 15) is 4.39 Å². The van der Waals surface area contributed by atoms with Gasteiger partial charge in [0.25, 0.3) is 0 Å². The Morgan fingerprint density at radius 2 is 2.20 bits per heavy atom. The van der Waals surface area contributed by atoms with Gasteiger partial charge in [0.15, 0.2) is 6.17 Å². The van der Waals surface area contributed by atoms with Gasteiger partial charge in [0.2, 0.25) is 0 Å². The van der Waals surface area contributed by atoms with Crippen molar-refractivity contribution in [2.45, 2.75) is 6.17 Å². The Morgan fingerprint density at radius 3 is 2.20 bits per heavy atom. The molecule has 1 nitrogen and oxygen atoms in total. The average Bonchev–Trinajstić information content (AvgIpc) is 1.79. The van der Waals surface area contributed by atoms with Gasteiger partial charge < -0.3 is 5.11 Å². The first-order valence-corrected chi connectivity index (χ1v) is 1.35. The van der Waals surface area contributed by atoms with Crippen molar-refractivity contribution < 1.29 is 9.50 Å². The lowest BCUT2D eigenvalue weighted by molar-refractivity contribution is 0.360. The molecular formula is C3H3FO. The molecule has 0 aliphatic heterocycles. The summed E-state index contributed by atoms with van der Waals surface area (Å²) in [5.74, 6) is -0.120. The van der Waals surface area contributed by atoms with Crippen LogP contribution in [0.4, 0.5) is 4.39 Å². The summed E-state index contributed by atoms with van der Waals surface area (Å²) >= 11 is 0. The molecular weight excluding hydrogens is 71.0 g/mol.